The van der Waals surface area contributed by atoms with Crippen LogP contribution in [-0.4, -0.2) is 75.5 Å². The molecule has 1 unspecified atom stereocenters. The summed E-state index contributed by atoms with van der Waals surface area (Å²) in [5, 5.41) is 15.1. The van der Waals surface area contributed by atoms with E-state index in [9.17, 15) is 5.11 Å². The first-order valence-electron chi connectivity index (χ1n) is 11.6. The number of anilines is 1. The number of likely N-dealkylation sites (tertiary alicyclic amines) is 1. The second kappa shape index (κ2) is 10.4. The van der Waals surface area contributed by atoms with Crippen LogP contribution < -0.4 is 10.2 Å². The van der Waals surface area contributed by atoms with E-state index < -0.39 is 6.35 Å². The van der Waals surface area contributed by atoms with E-state index in [0.29, 0.717) is 17.0 Å². The van der Waals surface area contributed by atoms with Crippen molar-refractivity contribution in [1.82, 2.24) is 25.1 Å². The third kappa shape index (κ3) is 5.58. The Morgan fingerprint density at radius 3 is 2.41 bits per heavy atom. The van der Waals surface area contributed by atoms with Crippen molar-refractivity contribution < 1.29 is 5.11 Å². The first-order chi connectivity index (χ1) is 15.4. The molecule has 2 saturated heterocycles. The van der Waals surface area contributed by atoms with E-state index in [1.54, 1.807) is 6.20 Å². The predicted molar refractivity (Wildman–Crippen MR) is 129 cm³/mol. The Hall–Kier alpha value is -1.77. The van der Waals surface area contributed by atoms with Crippen molar-refractivity contribution in [3.63, 3.8) is 0 Å². The largest absolute Gasteiger partial charge is 0.365 e. The molecular weight excluding hydrogens is 424 g/mol. The molecule has 2 aliphatic rings. The van der Waals surface area contributed by atoms with Gasteiger partial charge in [0, 0.05) is 37.8 Å². The SMILES string of the molecule is Cc1nc(N2C[C@@H](C)N(C(O)NC3CCN(Cc4ccccc4)CC3)[C@@H](C)C2)ncc1Cl. The summed E-state index contributed by atoms with van der Waals surface area (Å²) >= 11 is 6.09. The van der Waals surface area contributed by atoms with Crippen molar-refractivity contribution in [2.75, 3.05) is 31.1 Å². The third-order valence-corrected chi connectivity index (χ3v) is 7.05. The van der Waals surface area contributed by atoms with Gasteiger partial charge in [0.15, 0.2) is 6.35 Å². The maximum atomic E-state index is 11.0. The van der Waals surface area contributed by atoms with Gasteiger partial charge in [-0.2, -0.15) is 0 Å². The summed E-state index contributed by atoms with van der Waals surface area (Å²) in [5.74, 6) is 0.707. The Balaban J connectivity index is 1.28. The van der Waals surface area contributed by atoms with Gasteiger partial charge in [0.25, 0.3) is 0 Å². The Bertz CT molecular complexity index is 864. The molecule has 2 aromatic rings. The Labute approximate surface area is 196 Å². The van der Waals surface area contributed by atoms with Crippen molar-refractivity contribution in [2.24, 2.45) is 0 Å². The predicted octanol–water partition coefficient (Wildman–Crippen LogP) is 2.87. The second-order valence-corrected chi connectivity index (χ2v) is 9.64. The summed E-state index contributed by atoms with van der Waals surface area (Å²) in [4.78, 5) is 15.8. The molecule has 174 valence electrons. The van der Waals surface area contributed by atoms with Crippen LogP contribution in [0.25, 0.3) is 0 Å². The highest BCUT2D eigenvalue weighted by Crippen LogP contribution is 2.23. The lowest BCUT2D eigenvalue weighted by molar-refractivity contribution is -0.0815. The fraction of sp³-hybridized carbons (Fsp3) is 0.583. The van der Waals surface area contributed by atoms with E-state index in [1.165, 1.54) is 5.56 Å². The molecule has 0 saturated carbocycles. The average Bonchev–Trinajstić information content (AvgIpc) is 2.77. The fourth-order valence-electron chi connectivity index (χ4n) is 4.97. The minimum Gasteiger partial charge on any atom is -0.365 e. The molecule has 3 atom stereocenters. The minimum atomic E-state index is -0.652. The number of aromatic nitrogens is 2. The molecule has 32 heavy (non-hydrogen) atoms. The van der Waals surface area contributed by atoms with Gasteiger partial charge in [-0.1, -0.05) is 41.9 Å². The van der Waals surface area contributed by atoms with Crippen molar-refractivity contribution >= 4 is 17.5 Å². The van der Waals surface area contributed by atoms with Crippen LogP contribution >= 0.6 is 11.6 Å². The van der Waals surface area contributed by atoms with Crippen LogP contribution in [0.2, 0.25) is 5.02 Å². The van der Waals surface area contributed by atoms with Crippen LogP contribution in [0.1, 0.15) is 37.9 Å². The van der Waals surface area contributed by atoms with Gasteiger partial charge in [-0.15, -0.1) is 0 Å². The Morgan fingerprint density at radius 1 is 1.12 bits per heavy atom. The van der Waals surface area contributed by atoms with Gasteiger partial charge < -0.3 is 10.0 Å². The minimum absolute atomic E-state index is 0.166. The molecule has 2 N–H and O–H groups in total. The zero-order chi connectivity index (χ0) is 22.7. The zero-order valence-electron chi connectivity index (χ0n) is 19.3. The third-order valence-electron chi connectivity index (χ3n) is 6.68. The zero-order valence-corrected chi connectivity index (χ0v) is 20.0. The van der Waals surface area contributed by atoms with Crippen LogP contribution in [0.5, 0.6) is 0 Å². The van der Waals surface area contributed by atoms with Crippen molar-refractivity contribution in [3.05, 3.63) is 52.8 Å². The van der Waals surface area contributed by atoms with Crippen LogP contribution in [-0.2, 0) is 6.54 Å². The van der Waals surface area contributed by atoms with E-state index in [4.69, 9.17) is 11.6 Å². The number of piperazine rings is 1. The summed E-state index contributed by atoms with van der Waals surface area (Å²) < 4.78 is 0. The molecule has 1 aromatic carbocycles. The van der Waals surface area contributed by atoms with Crippen LogP contribution in [0.3, 0.4) is 0 Å². The molecule has 0 amide bonds. The lowest BCUT2D eigenvalue weighted by atomic mass is 10.0. The van der Waals surface area contributed by atoms with Gasteiger partial charge in [0.05, 0.1) is 16.9 Å². The standard InChI is InChI=1S/C24H35ClN6O/c1-17-14-30(23-26-13-22(25)19(3)27-23)15-18(2)31(17)24(32)28-21-9-11-29(12-10-21)16-20-7-5-4-6-8-20/h4-8,13,17-18,21,24,28,32H,9-12,14-16H2,1-3H3/t17-,18+,24?. The number of benzene rings is 1. The number of rotatable bonds is 6. The summed E-state index contributed by atoms with van der Waals surface area (Å²) in [6.07, 6.45) is 3.11. The van der Waals surface area contributed by atoms with Crippen molar-refractivity contribution in [3.8, 4) is 0 Å². The summed E-state index contributed by atoms with van der Waals surface area (Å²) in [5.41, 5.74) is 2.15. The van der Waals surface area contributed by atoms with Gasteiger partial charge in [-0.05, 0) is 52.3 Å². The number of hydrogen-bond donors (Lipinski definition) is 2. The molecule has 0 radical (unpaired) electrons. The quantitative estimate of drug-likeness (QED) is 0.645. The second-order valence-electron chi connectivity index (χ2n) is 9.23. The van der Waals surface area contributed by atoms with Gasteiger partial charge in [0.1, 0.15) is 0 Å². The normalized spacial score (nSPS) is 24.6. The monoisotopic (exact) mass is 458 g/mol. The topological polar surface area (TPSA) is 67.8 Å². The summed E-state index contributed by atoms with van der Waals surface area (Å²) in [6.45, 7) is 10.8. The lowest BCUT2D eigenvalue weighted by Crippen LogP contribution is -2.64. The van der Waals surface area contributed by atoms with E-state index in [1.807, 2.05) is 6.92 Å². The van der Waals surface area contributed by atoms with Crippen molar-refractivity contribution in [1.29, 1.82) is 0 Å². The highest BCUT2D eigenvalue weighted by atomic mass is 35.5. The molecule has 7 nitrogen and oxygen atoms in total. The number of hydrogen-bond acceptors (Lipinski definition) is 7. The molecule has 3 heterocycles. The number of halogens is 1. The maximum absolute atomic E-state index is 11.0. The maximum Gasteiger partial charge on any atom is 0.225 e. The molecule has 0 aliphatic carbocycles. The number of aliphatic hydroxyl groups is 1. The van der Waals surface area contributed by atoms with E-state index in [-0.39, 0.29) is 12.1 Å². The molecule has 2 fully saturated rings. The molecule has 0 bridgehead atoms. The first-order valence-corrected chi connectivity index (χ1v) is 12.0. The molecular formula is C24H35ClN6O. The van der Waals surface area contributed by atoms with Crippen LogP contribution in [0.4, 0.5) is 5.95 Å². The van der Waals surface area contributed by atoms with Gasteiger partial charge >= 0.3 is 0 Å². The van der Waals surface area contributed by atoms with Crippen LogP contribution in [0.15, 0.2) is 36.5 Å². The highest BCUT2D eigenvalue weighted by Gasteiger charge is 2.35. The average molecular weight is 459 g/mol. The molecule has 4 rings (SSSR count). The van der Waals surface area contributed by atoms with E-state index >= 15 is 0 Å². The van der Waals surface area contributed by atoms with Gasteiger partial charge in [-0.3, -0.25) is 15.1 Å². The smallest absolute Gasteiger partial charge is 0.225 e. The summed E-state index contributed by atoms with van der Waals surface area (Å²) in [6, 6.07) is 11.3. The Morgan fingerprint density at radius 2 is 1.78 bits per heavy atom. The van der Waals surface area contributed by atoms with Gasteiger partial charge in [0.2, 0.25) is 5.95 Å². The molecule has 2 aliphatic heterocycles. The lowest BCUT2D eigenvalue weighted by Gasteiger charge is -2.47. The number of aliphatic hydroxyl groups excluding tert-OH is 1. The Kier molecular flexibility index (Phi) is 7.63. The fourth-order valence-corrected chi connectivity index (χ4v) is 5.06. The molecule has 8 heteroatoms. The van der Waals surface area contributed by atoms with E-state index in [0.717, 1.165) is 51.3 Å². The molecule has 1 aromatic heterocycles. The van der Waals surface area contributed by atoms with E-state index in [2.05, 4.69) is 74.2 Å². The van der Waals surface area contributed by atoms with Gasteiger partial charge in [-0.25, -0.2) is 9.97 Å². The number of piperidine rings is 1. The highest BCUT2D eigenvalue weighted by molar-refractivity contribution is 6.31. The number of nitrogens with one attached hydrogen (secondary N) is 1. The van der Waals surface area contributed by atoms with Crippen molar-refractivity contribution in [2.45, 2.75) is 64.6 Å². The number of aryl methyl sites for hydroxylation is 1. The summed E-state index contributed by atoms with van der Waals surface area (Å²) in [7, 11) is 0. The number of nitrogens with zero attached hydrogens (tertiary/aromatic N) is 5. The molecule has 0 spiro atoms. The van der Waals surface area contributed by atoms with Crippen LogP contribution in [0, 0.1) is 6.92 Å². The first kappa shape index (κ1) is 23.4.